The molecule has 2 heterocycles. The van der Waals surface area contributed by atoms with E-state index in [-0.39, 0.29) is 49.9 Å². The van der Waals surface area contributed by atoms with E-state index in [0.717, 1.165) is 17.0 Å². The highest BCUT2D eigenvalue weighted by atomic mass is 31.2. The second-order valence-corrected chi connectivity index (χ2v) is 11.2. The van der Waals surface area contributed by atoms with Gasteiger partial charge in [-0.05, 0) is 24.3 Å². The Hall–Kier alpha value is -3.20. The van der Waals surface area contributed by atoms with E-state index in [1.54, 1.807) is 0 Å². The highest BCUT2D eigenvalue weighted by Gasteiger charge is 2.35. The van der Waals surface area contributed by atoms with Crippen molar-refractivity contribution in [3.63, 3.8) is 0 Å². The Morgan fingerprint density at radius 2 is 1.76 bits per heavy atom. The Balaban J connectivity index is 1.45. The summed E-state index contributed by atoms with van der Waals surface area (Å²) in [4.78, 5) is 25.9. The van der Waals surface area contributed by atoms with Gasteiger partial charge in [-0.3, -0.25) is 4.90 Å². The summed E-state index contributed by atoms with van der Waals surface area (Å²) in [5, 5.41) is 2.95. The van der Waals surface area contributed by atoms with Crippen molar-refractivity contribution in [2.45, 2.75) is 6.10 Å². The molecule has 0 spiro atoms. The zero-order valence-electron chi connectivity index (χ0n) is 18.3. The molecule has 2 aromatic rings. The summed E-state index contributed by atoms with van der Waals surface area (Å²) in [6.07, 6.45) is -1.79. The molecule has 2 fully saturated rings. The fourth-order valence-electron chi connectivity index (χ4n) is 4.10. The Kier molecular flexibility index (Phi) is 6.74. The van der Waals surface area contributed by atoms with Crippen molar-refractivity contribution in [1.29, 1.82) is 0 Å². The summed E-state index contributed by atoms with van der Waals surface area (Å²) in [7, 11) is -1.60. The molecule has 4 rings (SSSR count). The van der Waals surface area contributed by atoms with Gasteiger partial charge in [0.1, 0.15) is 24.8 Å². The maximum Gasteiger partial charge on any atom is 0.414 e. The predicted molar refractivity (Wildman–Crippen MR) is 120 cm³/mol. The fraction of sp³-hybridized carbons (Fsp3) is 0.364. The van der Waals surface area contributed by atoms with Gasteiger partial charge in [0, 0.05) is 42.9 Å². The van der Waals surface area contributed by atoms with Crippen LogP contribution in [0.15, 0.2) is 36.4 Å². The van der Waals surface area contributed by atoms with E-state index in [1.165, 1.54) is 36.3 Å². The molecule has 0 radical (unpaired) electrons. The van der Waals surface area contributed by atoms with Crippen LogP contribution < -0.4 is 20.4 Å². The van der Waals surface area contributed by atoms with Crippen LogP contribution in [0.2, 0.25) is 0 Å². The second-order valence-electron chi connectivity index (χ2n) is 8.05. The van der Waals surface area contributed by atoms with E-state index in [9.17, 15) is 27.3 Å². The number of cyclic esters (lactones) is 1. The summed E-state index contributed by atoms with van der Waals surface area (Å²) < 4.78 is 66.0. The molecule has 2 aromatic carbocycles. The normalized spacial score (nSPS) is 19.6. The SMILES string of the molecule is COC(=O)NC[C@H]1CN(c2cc(F)c(N3CCP(=O)(c4ccc(F)cc4)CC3)c(F)c2)C(=O)O1. The first kappa shape index (κ1) is 23.9. The first-order valence-corrected chi connectivity index (χ1v) is 12.7. The van der Waals surface area contributed by atoms with Crippen LogP contribution in [0.25, 0.3) is 0 Å². The summed E-state index contributed by atoms with van der Waals surface area (Å²) in [5.41, 5.74) is -0.274. The van der Waals surface area contributed by atoms with Crippen LogP contribution in [0.4, 0.5) is 34.1 Å². The number of carbonyl (C=O) groups excluding carboxylic acids is 2. The highest BCUT2D eigenvalue weighted by molar-refractivity contribution is 7.71. The maximum atomic E-state index is 15.0. The lowest BCUT2D eigenvalue weighted by Gasteiger charge is -2.34. The molecular formula is C22H23F3N3O5P. The number of alkyl carbamates (subject to hydrolysis) is 1. The molecule has 12 heteroatoms. The van der Waals surface area contributed by atoms with Gasteiger partial charge in [-0.25, -0.2) is 22.8 Å². The third-order valence-corrected chi connectivity index (χ3v) is 9.01. The molecule has 0 aromatic heterocycles. The fourth-order valence-corrected chi connectivity index (χ4v) is 6.66. The van der Waals surface area contributed by atoms with E-state index < -0.39 is 42.9 Å². The van der Waals surface area contributed by atoms with Crippen LogP contribution in [0.3, 0.4) is 0 Å². The quantitative estimate of drug-likeness (QED) is 0.638. The number of nitrogens with one attached hydrogen (secondary N) is 1. The van der Waals surface area contributed by atoms with Gasteiger partial charge >= 0.3 is 12.2 Å². The second kappa shape index (κ2) is 9.58. The van der Waals surface area contributed by atoms with Crippen molar-refractivity contribution >= 4 is 36.0 Å². The van der Waals surface area contributed by atoms with Gasteiger partial charge < -0.3 is 24.3 Å². The smallest absolute Gasteiger partial charge is 0.414 e. The Labute approximate surface area is 194 Å². The topological polar surface area (TPSA) is 88.2 Å². The minimum atomic E-state index is -2.79. The number of hydrogen-bond acceptors (Lipinski definition) is 6. The number of carbonyl (C=O) groups is 2. The summed E-state index contributed by atoms with van der Waals surface area (Å²) in [5.74, 6) is -2.15. The lowest BCUT2D eigenvalue weighted by Crippen LogP contribution is -2.38. The van der Waals surface area contributed by atoms with Crippen molar-refractivity contribution in [3.8, 4) is 0 Å². The third kappa shape index (κ3) is 4.84. The Morgan fingerprint density at radius 1 is 1.15 bits per heavy atom. The molecule has 182 valence electrons. The first-order valence-electron chi connectivity index (χ1n) is 10.6. The molecule has 2 aliphatic heterocycles. The van der Waals surface area contributed by atoms with E-state index in [2.05, 4.69) is 10.1 Å². The number of anilines is 2. The molecule has 0 unspecified atom stereocenters. The number of benzene rings is 2. The van der Waals surface area contributed by atoms with Crippen molar-refractivity contribution in [1.82, 2.24) is 5.32 Å². The van der Waals surface area contributed by atoms with Gasteiger partial charge in [-0.2, -0.15) is 0 Å². The van der Waals surface area contributed by atoms with Crippen LogP contribution in [0.5, 0.6) is 0 Å². The molecule has 2 aliphatic rings. The summed E-state index contributed by atoms with van der Waals surface area (Å²) in [6.45, 7) is 0.301. The van der Waals surface area contributed by atoms with E-state index in [4.69, 9.17) is 4.74 Å². The molecule has 0 aliphatic carbocycles. The molecular weight excluding hydrogens is 474 g/mol. The first-order chi connectivity index (χ1) is 16.2. The number of halogens is 3. The van der Waals surface area contributed by atoms with Gasteiger partial charge in [0.25, 0.3) is 0 Å². The lowest BCUT2D eigenvalue weighted by atomic mass is 10.2. The Morgan fingerprint density at radius 3 is 2.35 bits per heavy atom. The molecule has 2 amide bonds. The summed E-state index contributed by atoms with van der Waals surface area (Å²) >= 11 is 0. The maximum absolute atomic E-state index is 15.0. The third-order valence-electron chi connectivity index (χ3n) is 5.92. The molecule has 0 saturated carbocycles. The zero-order chi connectivity index (χ0) is 24.5. The van der Waals surface area contributed by atoms with Gasteiger partial charge in [0.15, 0.2) is 11.6 Å². The predicted octanol–water partition coefficient (Wildman–Crippen LogP) is 3.29. The average molecular weight is 497 g/mol. The number of amides is 2. The van der Waals surface area contributed by atoms with E-state index in [0.29, 0.717) is 5.30 Å². The molecule has 1 N–H and O–H groups in total. The van der Waals surface area contributed by atoms with Crippen LogP contribution in [0, 0.1) is 17.5 Å². The highest BCUT2D eigenvalue weighted by Crippen LogP contribution is 2.47. The number of methoxy groups -OCH3 is 1. The van der Waals surface area contributed by atoms with Crippen LogP contribution in [-0.2, 0) is 14.0 Å². The van der Waals surface area contributed by atoms with Crippen LogP contribution in [0.1, 0.15) is 0 Å². The van der Waals surface area contributed by atoms with Gasteiger partial charge in [0.05, 0.1) is 25.9 Å². The van der Waals surface area contributed by atoms with Gasteiger partial charge in [-0.1, -0.05) is 0 Å². The molecule has 8 nitrogen and oxygen atoms in total. The minimum absolute atomic E-state index is 0.00831. The van der Waals surface area contributed by atoms with E-state index in [1.807, 2.05) is 0 Å². The number of hydrogen-bond donors (Lipinski definition) is 1. The summed E-state index contributed by atoms with van der Waals surface area (Å²) in [6, 6.07) is 7.57. The van der Waals surface area contributed by atoms with Crippen molar-refractivity contribution in [3.05, 3.63) is 53.8 Å². The zero-order valence-corrected chi connectivity index (χ0v) is 19.2. The minimum Gasteiger partial charge on any atom is -0.453 e. The number of ether oxygens (including phenoxy) is 2. The molecule has 34 heavy (non-hydrogen) atoms. The van der Waals surface area contributed by atoms with Gasteiger partial charge in [0.2, 0.25) is 0 Å². The lowest BCUT2D eigenvalue weighted by molar-refractivity contribution is 0.132. The monoisotopic (exact) mass is 497 g/mol. The average Bonchev–Trinajstić information content (AvgIpc) is 3.19. The van der Waals surface area contributed by atoms with E-state index >= 15 is 0 Å². The molecule has 0 bridgehead atoms. The van der Waals surface area contributed by atoms with Crippen LogP contribution >= 0.6 is 7.14 Å². The van der Waals surface area contributed by atoms with Crippen molar-refractivity contribution in [2.75, 3.05) is 55.4 Å². The Bertz CT molecular complexity index is 1110. The number of nitrogens with zero attached hydrogens (tertiary/aromatic N) is 2. The number of rotatable bonds is 5. The van der Waals surface area contributed by atoms with Crippen molar-refractivity contribution < 1.29 is 36.8 Å². The largest absolute Gasteiger partial charge is 0.453 e. The molecule has 1 atom stereocenters. The van der Waals surface area contributed by atoms with Gasteiger partial charge in [-0.15, -0.1) is 0 Å². The van der Waals surface area contributed by atoms with Crippen molar-refractivity contribution in [2.24, 2.45) is 0 Å². The van der Waals surface area contributed by atoms with Crippen LogP contribution in [-0.4, -0.2) is 63.9 Å². The standard InChI is InChI=1S/C22H23F3N3O5P/c1-32-21(29)26-12-16-13-28(22(30)33-16)15-10-18(24)20(19(25)11-15)27-6-8-34(31,9-7-27)17-4-2-14(23)3-5-17/h2-5,10-11,16H,6-9,12-13H2,1H3,(H,26,29)/t16-/m0/s1. The molecule has 2 saturated heterocycles.